The Kier molecular flexibility index (Phi) is 4.77. The van der Waals surface area contributed by atoms with E-state index in [9.17, 15) is 0 Å². The molecule has 1 aliphatic rings. The zero-order valence-corrected chi connectivity index (χ0v) is 13.8. The predicted molar refractivity (Wildman–Crippen MR) is 87.3 cm³/mol. The van der Waals surface area contributed by atoms with Gasteiger partial charge in [0.25, 0.3) is 0 Å². The standard InChI is InChI=1S/C15H19N3OS2/c1-3-16-14-12-8-11(19-2)6-4-10(12)5-7-13(14)21-15-18-17-9-20-15/h4,6,8-9,13-14,16H,3,5,7H2,1-2H3. The summed E-state index contributed by atoms with van der Waals surface area (Å²) in [5, 5.41) is 12.2. The number of ether oxygens (including phenoxy) is 1. The molecule has 0 aliphatic heterocycles. The van der Waals surface area contributed by atoms with E-state index in [1.807, 2.05) is 11.8 Å². The van der Waals surface area contributed by atoms with Crippen LogP contribution in [0.2, 0.25) is 0 Å². The summed E-state index contributed by atoms with van der Waals surface area (Å²) in [6.45, 7) is 3.11. The molecule has 0 fully saturated rings. The first kappa shape index (κ1) is 14.8. The van der Waals surface area contributed by atoms with Crippen LogP contribution in [0.15, 0.2) is 28.0 Å². The van der Waals surface area contributed by atoms with Crippen molar-refractivity contribution in [3.05, 3.63) is 34.8 Å². The van der Waals surface area contributed by atoms with Crippen LogP contribution in [-0.2, 0) is 6.42 Å². The third-order valence-electron chi connectivity index (χ3n) is 3.77. The molecule has 21 heavy (non-hydrogen) atoms. The maximum atomic E-state index is 5.39. The van der Waals surface area contributed by atoms with Crippen molar-refractivity contribution in [1.29, 1.82) is 0 Å². The van der Waals surface area contributed by atoms with Crippen LogP contribution >= 0.6 is 23.1 Å². The maximum Gasteiger partial charge on any atom is 0.174 e. The van der Waals surface area contributed by atoms with Crippen LogP contribution in [-0.4, -0.2) is 29.1 Å². The van der Waals surface area contributed by atoms with Gasteiger partial charge in [-0.2, -0.15) is 0 Å². The van der Waals surface area contributed by atoms with Crippen LogP contribution in [0.1, 0.15) is 30.5 Å². The molecule has 0 spiro atoms. The summed E-state index contributed by atoms with van der Waals surface area (Å²) in [6.07, 6.45) is 2.26. The number of aromatic nitrogens is 2. The summed E-state index contributed by atoms with van der Waals surface area (Å²) >= 11 is 3.45. The van der Waals surface area contributed by atoms with Gasteiger partial charge >= 0.3 is 0 Å². The van der Waals surface area contributed by atoms with E-state index in [0.29, 0.717) is 11.3 Å². The molecule has 1 aromatic carbocycles. The van der Waals surface area contributed by atoms with Crippen LogP contribution in [0.5, 0.6) is 5.75 Å². The zero-order valence-electron chi connectivity index (χ0n) is 12.2. The van der Waals surface area contributed by atoms with Crippen molar-refractivity contribution in [2.75, 3.05) is 13.7 Å². The van der Waals surface area contributed by atoms with E-state index >= 15 is 0 Å². The monoisotopic (exact) mass is 321 g/mol. The summed E-state index contributed by atoms with van der Waals surface area (Å²) in [5.74, 6) is 0.929. The Morgan fingerprint density at radius 1 is 1.48 bits per heavy atom. The fourth-order valence-electron chi connectivity index (χ4n) is 2.81. The van der Waals surface area contributed by atoms with E-state index < -0.39 is 0 Å². The van der Waals surface area contributed by atoms with Gasteiger partial charge in [0, 0.05) is 11.3 Å². The first-order chi connectivity index (χ1) is 10.3. The molecule has 1 heterocycles. The van der Waals surface area contributed by atoms with Crippen LogP contribution in [0.3, 0.4) is 0 Å². The minimum Gasteiger partial charge on any atom is -0.497 e. The second-order valence-electron chi connectivity index (χ2n) is 5.00. The highest BCUT2D eigenvalue weighted by Crippen LogP contribution is 2.41. The van der Waals surface area contributed by atoms with Crippen molar-refractivity contribution in [1.82, 2.24) is 15.5 Å². The van der Waals surface area contributed by atoms with E-state index in [-0.39, 0.29) is 0 Å². The average molecular weight is 321 g/mol. The number of fused-ring (bicyclic) bond motifs is 1. The average Bonchev–Trinajstić information content (AvgIpc) is 3.02. The maximum absolute atomic E-state index is 5.39. The molecule has 1 N–H and O–H groups in total. The Morgan fingerprint density at radius 2 is 2.38 bits per heavy atom. The number of rotatable bonds is 5. The largest absolute Gasteiger partial charge is 0.497 e. The van der Waals surface area contributed by atoms with Crippen molar-refractivity contribution in [2.24, 2.45) is 0 Å². The lowest BCUT2D eigenvalue weighted by atomic mass is 9.87. The Balaban J connectivity index is 1.89. The van der Waals surface area contributed by atoms with Crippen molar-refractivity contribution >= 4 is 23.1 Å². The highest BCUT2D eigenvalue weighted by molar-refractivity contribution is 8.01. The predicted octanol–water partition coefficient (Wildman–Crippen LogP) is 3.30. The summed E-state index contributed by atoms with van der Waals surface area (Å²) in [7, 11) is 1.72. The van der Waals surface area contributed by atoms with Crippen molar-refractivity contribution in [2.45, 2.75) is 35.4 Å². The number of thioether (sulfide) groups is 1. The smallest absolute Gasteiger partial charge is 0.174 e. The molecule has 1 aliphatic carbocycles. The van der Waals surface area contributed by atoms with E-state index in [4.69, 9.17) is 4.74 Å². The normalized spacial score (nSPS) is 21.0. The number of aryl methyl sites for hydroxylation is 1. The van der Waals surface area contributed by atoms with Gasteiger partial charge in [-0.05, 0) is 42.6 Å². The summed E-state index contributed by atoms with van der Waals surface area (Å²) in [6, 6.07) is 6.77. The van der Waals surface area contributed by atoms with Crippen LogP contribution < -0.4 is 10.1 Å². The molecule has 2 aromatic rings. The van der Waals surface area contributed by atoms with Gasteiger partial charge in [-0.1, -0.05) is 36.1 Å². The second kappa shape index (κ2) is 6.77. The second-order valence-corrected chi connectivity index (χ2v) is 7.32. The van der Waals surface area contributed by atoms with E-state index in [1.165, 1.54) is 11.1 Å². The number of methoxy groups -OCH3 is 1. The van der Waals surface area contributed by atoms with Crippen LogP contribution in [0, 0.1) is 0 Å². The molecule has 3 rings (SSSR count). The number of nitrogens with zero attached hydrogens (tertiary/aromatic N) is 2. The molecular formula is C15H19N3OS2. The van der Waals surface area contributed by atoms with Crippen molar-refractivity contribution < 1.29 is 4.74 Å². The number of benzene rings is 1. The molecule has 1 aromatic heterocycles. The highest BCUT2D eigenvalue weighted by atomic mass is 32.2. The van der Waals surface area contributed by atoms with Gasteiger partial charge in [-0.25, -0.2) is 0 Å². The SMILES string of the molecule is CCNC1c2cc(OC)ccc2CCC1Sc1nncs1. The van der Waals surface area contributed by atoms with Crippen LogP contribution in [0.4, 0.5) is 0 Å². The molecule has 0 radical (unpaired) electrons. The first-order valence-corrected chi connectivity index (χ1v) is 8.90. The number of nitrogens with one attached hydrogen (secondary N) is 1. The molecule has 0 saturated heterocycles. The van der Waals surface area contributed by atoms with E-state index in [0.717, 1.165) is 29.5 Å². The fourth-order valence-corrected chi connectivity index (χ4v) is 4.78. The Morgan fingerprint density at radius 3 is 3.10 bits per heavy atom. The molecule has 6 heteroatoms. The molecule has 112 valence electrons. The molecule has 0 bridgehead atoms. The summed E-state index contributed by atoms with van der Waals surface area (Å²) in [5.41, 5.74) is 4.59. The van der Waals surface area contributed by atoms with Gasteiger partial charge in [0.05, 0.1) is 7.11 Å². The number of hydrogen-bond donors (Lipinski definition) is 1. The van der Waals surface area contributed by atoms with Gasteiger partial charge in [-0.15, -0.1) is 10.2 Å². The van der Waals surface area contributed by atoms with Gasteiger partial charge in [0.2, 0.25) is 0 Å². The topological polar surface area (TPSA) is 47.0 Å². The summed E-state index contributed by atoms with van der Waals surface area (Å²) in [4.78, 5) is 0. The summed E-state index contributed by atoms with van der Waals surface area (Å²) < 4.78 is 6.44. The molecule has 0 saturated carbocycles. The van der Waals surface area contributed by atoms with Gasteiger partial charge in [0.1, 0.15) is 11.3 Å². The quantitative estimate of drug-likeness (QED) is 0.915. The van der Waals surface area contributed by atoms with Crippen LogP contribution in [0.25, 0.3) is 0 Å². The zero-order chi connectivity index (χ0) is 14.7. The minimum atomic E-state index is 0.336. The fraction of sp³-hybridized carbons (Fsp3) is 0.467. The van der Waals surface area contributed by atoms with Gasteiger partial charge in [-0.3, -0.25) is 0 Å². The van der Waals surface area contributed by atoms with Gasteiger partial charge < -0.3 is 10.1 Å². The first-order valence-electron chi connectivity index (χ1n) is 7.15. The lowest BCUT2D eigenvalue weighted by Gasteiger charge is -2.33. The molecule has 2 unspecified atom stereocenters. The van der Waals surface area contributed by atoms with Gasteiger partial charge in [0.15, 0.2) is 4.34 Å². The minimum absolute atomic E-state index is 0.336. The van der Waals surface area contributed by atoms with Crippen molar-refractivity contribution in [3.63, 3.8) is 0 Å². The Labute approximate surface area is 133 Å². The Bertz CT molecular complexity index is 589. The third-order valence-corrected chi connectivity index (χ3v) is 5.93. The Hall–Kier alpha value is -1.11. The molecule has 2 atom stereocenters. The lowest BCUT2D eigenvalue weighted by Crippen LogP contribution is -2.34. The van der Waals surface area contributed by atoms with Crippen molar-refractivity contribution in [3.8, 4) is 5.75 Å². The molecular weight excluding hydrogens is 302 g/mol. The van der Waals surface area contributed by atoms with E-state index in [2.05, 4.69) is 40.6 Å². The number of hydrogen-bond acceptors (Lipinski definition) is 6. The van der Waals surface area contributed by atoms with E-state index in [1.54, 1.807) is 24.0 Å². The third kappa shape index (κ3) is 3.22. The highest BCUT2D eigenvalue weighted by Gasteiger charge is 2.30. The lowest BCUT2D eigenvalue weighted by molar-refractivity contribution is 0.410. The molecule has 4 nitrogen and oxygen atoms in total. The molecule has 0 amide bonds.